The van der Waals surface area contributed by atoms with Gasteiger partial charge in [-0.15, -0.1) is 22.7 Å². The second-order valence-corrected chi connectivity index (χ2v) is 19.1. The van der Waals surface area contributed by atoms with Crippen molar-refractivity contribution in [2.75, 3.05) is 35.3 Å². The van der Waals surface area contributed by atoms with Crippen LogP contribution in [0.25, 0.3) is 0 Å². The summed E-state index contributed by atoms with van der Waals surface area (Å²) in [5.74, 6) is 2.92. The molecular weight excluding hydrogens is 857 g/mol. The molecule has 0 saturated heterocycles. The summed E-state index contributed by atoms with van der Waals surface area (Å²) in [6.07, 6.45) is 7.11. The lowest BCUT2D eigenvalue weighted by Gasteiger charge is -2.16. The van der Waals surface area contributed by atoms with Crippen LogP contribution in [0.15, 0.2) is 167 Å². The van der Waals surface area contributed by atoms with E-state index in [9.17, 15) is 0 Å². The molecule has 0 saturated carbocycles. The first-order valence-corrected chi connectivity index (χ1v) is 23.5. The number of aryl methyl sites for hydroxylation is 3. The van der Waals surface area contributed by atoms with Crippen molar-refractivity contribution in [3.05, 3.63) is 217 Å². The first-order chi connectivity index (χ1) is 31.5. The summed E-state index contributed by atoms with van der Waals surface area (Å²) in [7, 11) is 10.1. The molecule has 0 aliphatic heterocycles. The van der Waals surface area contributed by atoms with Gasteiger partial charge in [-0.3, -0.25) is 29.6 Å². The van der Waals surface area contributed by atoms with Gasteiger partial charge in [0.15, 0.2) is 0 Å². The number of hydrogen-bond acceptors (Lipinski definition) is 11. The molecule has 6 aromatic heterocycles. The Bertz CT molecular complexity index is 2420. The Hall–Kier alpha value is -5.66. The van der Waals surface area contributed by atoms with Crippen LogP contribution in [0.4, 0.5) is 0 Å². The summed E-state index contributed by atoms with van der Waals surface area (Å²) >= 11 is 3.72. The zero-order valence-electron chi connectivity index (χ0n) is 39.4. The van der Waals surface area contributed by atoms with E-state index in [0.29, 0.717) is 0 Å². The Balaban J connectivity index is 0.000000192. The number of hydrogen-bond donors (Lipinski definition) is 0. The van der Waals surface area contributed by atoms with Gasteiger partial charge < -0.3 is 13.6 Å². The minimum absolute atomic E-state index is 0. The fourth-order valence-electron chi connectivity index (χ4n) is 6.82. The lowest BCUT2D eigenvalue weighted by Crippen LogP contribution is -2.17. The predicted molar refractivity (Wildman–Crippen MR) is 276 cm³/mol. The summed E-state index contributed by atoms with van der Waals surface area (Å²) in [5, 5.41) is 0. The zero-order chi connectivity index (χ0) is 46.2. The van der Waals surface area contributed by atoms with E-state index >= 15 is 0 Å². The second-order valence-electron chi connectivity index (χ2n) is 16.3. The van der Waals surface area contributed by atoms with E-state index < -0.39 is 0 Å². The monoisotopic (exact) mass is 926 g/mol. The highest BCUT2D eigenvalue weighted by molar-refractivity contribution is 7.12. The van der Waals surface area contributed by atoms with Crippen LogP contribution in [0, 0.1) is 20.8 Å². The van der Waals surface area contributed by atoms with E-state index in [1.54, 1.807) is 19.6 Å². The van der Waals surface area contributed by atoms with Gasteiger partial charge in [-0.25, -0.2) is 0 Å². The van der Waals surface area contributed by atoms with Gasteiger partial charge in [0.25, 0.3) is 0 Å². The molecule has 0 aliphatic rings. The molecule has 66 heavy (non-hydrogen) atoms. The van der Waals surface area contributed by atoms with Gasteiger partial charge in [0.1, 0.15) is 17.3 Å². The van der Waals surface area contributed by atoms with Gasteiger partial charge in [-0.1, -0.05) is 61.5 Å². The highest BCUT2D eigenvalue weighted by Crippen LogP contribution is 2.19. The summed E-state index contributed by atoms with van der Waals surface area (Å²) in [6.45, 7) is 13.7. The molecular formula is C55H70N6O3S2. The largest absolute Gasteiger partial charge is 0.497 e. The van der Waals surface area contributed by atoms with Crippen molar-refractivity contribution >= 4 is 22.7 Å². The standard InChI is InChI=1S/C15H18N2O.C14H17NO.C13H16N2S.C12H15NOS.CH4/c1-17(12-14-5-3-4-10-16-14)11-13-6-8-15(18-2)9-7-13;1-12-5-7-13(8-6-12)10-15(2)11-14-4-3-9-16-14;1-11-6-7-13(16-11)10-15(2)9-12-5-3-4-8-14-12;1-10-5-6-12(15-10)9-13(2)8-11-4-3-7-14-11;/h3-10H,11-12H2,1-2H3;3-9H,10-11H2,1-2H3;3-8H,9-10H2,1-2H3;3-7H,8-9H2,1-2H3;1H4. The van der Waals surface area contributed by atoms with Crippen LogP contribution >= 0.6 is 22.7 Å². The van der Waals surface area contributed by atoms with E-state index in [4.69, 9.17) is 13.6 Å². The molecule has 8 aromatic rings. The third-order valence-electron chi connectivity index (χ3n) is 9.96. The average Bonchev–Trinajstić information content (AvgIpc) is 4.15. The fourth-order valence-corrected chi connectivity index (χ4v) is 8.76. The van der Waals surface area contributed by atoms with Crippen LogP contribution in [0.5, 0.6) is 5.75 Å². The van der Waals surface area contributed by atoms with Crippen molar-refractivity contribution in [2.45, 2.75) is 80.6 Å². The minimum atomic E-state index is 0. The molecule has 350 valence electrons. The maximum atomic E-state index is 5.32. The van der Waals surface area contributed by atoms with Crippen LogP contribution in [-0.4, -0.2) is 64.9 Å². The quantitative estimate of drug-likeness (QED) is 0.0887. The SMILES string of the molecule is C.COc1ccc(CN(C)Cc2ccccn2)cc1.Cc1ccc(CN(C)Cc2ccccn2)s1.Cc1ccc(CN(C)Cc2ccco2)cc1.Cc1ccc(CN(C)Cc2ccco2)s1. The molecule has 0 radical (unpaired) electrons. The Morgan fingerprint density at radius 1 is 0.455 bits per heavy atom. The van der Waals surface area contributed by atoms with Crippen molar-refractivity contribution in [2.24, 2.45) is 0 Å². The van der Waals surface area contributed by atoms with Crippen molar-refractivity contribution in [1.82, 2.24) is 29.6 Å². The Morgan fingerprint density at radius 2 is 0.879 bits per heavy atom. The lowest BCUT2D eigenvalue weighted by atomic mass is 10.1. The summed E-state index contributed by atoms with van der Waals surface area (Å²) in [6, 6.07) is 45.5. The molecule has 2 aromatic carbocycles. The molecule has 0 fully saturated rings. The molecule has 11 heteroatoms. The second kappa shape index (κ2) is 29.1. The van der Waals surface area contributed by atoms with E-state index in [1.165, 1.54) is 36.2 Å². The molecule has 6 heterocycles. The number of rotatable bonds is 17. The molecule has 0 spiro atoms. The predicted octanol–water partition coefficient (Wildman–Crippen LogP) is 12.9. The van der Waals surface area contributed by atoms with Crippen molar-refractivity contribution in [1.29, 1.82) is 0 Å². The number of thiophene rings is 2. The number of furan rings is 2. The third-order valence-corrected chi connectivity index (χ3v) is 11.9. The summed E-state index contributed by atoms with van der Waals surface area (Å²) < 4.78 is 15.8. The van der Waals surface area contributed by atoms with Crippen molar-refractivity contribution in [3.8, 4) is 5.75 Å². The molecule has 0 atom stereocenters. The number of benzene rings is 2. The van der Waals surface area contributed by atoms with E-state index in [0.717, 1.165) is 81.0 Å². The van der Waals surface area contributed by atoms with Gasteiger partial charge in [0.2, 0.25) is 0 Å². The fraction of sp³-hybridized carbons (Fsp3) is 0.309. The number of nitrogens with zero attached hydrogens (tertiary/aromatic N) is 6. The molecule has 9 nitrogen and oxygen atoms in total. The third kappa shape index (κ3) is 20.7. The Morgan fingerprint density at radius 3 is 1.26 bits per heavy atom. The van der Waals surface area contributed by atoms with Crippen molar-refractivity contribution < 1.29 is 13.6 Å². The number of methoxy groups -OCH3 is 1. The smallest absolute Gasteiger partial charge is 0.118 e. The summed E-state index contributed by atoms with van der Waals surface area (Å²) in [5.41, 5.74) is 6.12. The Kier molecular flexibility index (Phi) is 23.3. The maximum Gasteiger partial charge on any atom is 0.118 e. The highest BCUT2D eigenvalue weighted by Gasteiger charge is 2.07. The molecule has 0 bridgehead atoms. The van der Waals surface area contributed by atoms with Crippen LogP contribution < -0.4 is 4.74 Å². The van der Waals surface area contributed by atoms with Crippen LogP contribution in [0.1, 0.15) is 66.5 Å². The molecule has 0 aliphatic carbocycles. The first kappa shape index (κ1) is 53.0. The van der Waals surface area contributed by atoms with Crippen LogP contribution in [0.3, 0.4) is 0 Å². The topological polar surface area (TPSA) is 74.2 Å². The number of pyridine rings is 2. The van der Waals surface area contributed by atoms with Gasteiger partial charge in [0.05, 0.1) is 44.1 Å². The van der Waals surface area contributed by atoms with E-state index in [2.05, 4.69) is 145 Å². The molecule has 0 N–H and O–H groups in total. The van der Waals surface area contributed by atoms with Crippen LogP contribution in [-0.2, 0) is 52.4 Å². The van der Waals surface area contributed by atoms with Gasteiger partial charge >= 0.3 is 0 Å². The molecule has 0 unspecified atom stereocenters. The molecule has 0 amide bonds. The first-order valence-electron chi connectivity index (χ1n) is 21.9. The average molecular weight is 927 g/mol. The van der Waals surface area contributed by atoms with Crippen molar-refractivity contribution in [3.63, 3.8) is 0 Å². The number of ether oxygens (including phenoxy) is 1. The van der Waals surface area contributed by atoms with E-state index in [-0.39, 0.29) is 7.43 Å². The highest BCUT2D eigenvalue weighted by atomic mass is 32.1. The van der Waals surface area contributed by atoms with E-state index in [1.807, 2.05) is 102 Å². The normalized spacial score (nSPS) is 10.7. The maximum absolute atomic E-state index is 5.32. The van der Waals surface area contributed by atoms with Crippen LogP contribution in [0.2, 0.25) is 0 Å². The van der Waals surface area contributed by atoms with Gasteiger partial charge in [0, 0.05) is 71.2 Å². The number of aromatic nitrogens is 2. The Labute approximate surface area is 403 Å². The summed E-state index contributed by atoms with van der Waals surface area (Å²) in [4.78, 5) is 23.2. The zero-order valence-corrected chi connectivity index (χ0v) is 41.0. The minimum Gasteiger partial charge on any atom is -0.497 e. The molecule has 8 rings (SSSR count). The lowest BCUT2D eigenvalue weighted by molar-refractivity contribution is 0.288. The van der Waals surface area contributed by atoms with Gasteiger partial charge in [-0.2, -0.15) is 0 Å². The van der Waals surface area contributed by atoms with Gasteiger partial charge in [-0.05, 0) is 145 Å².